The third-order valence-corrected chi connectivity index (χ3v) is 2.78. The van der Waals surface area contributed by atoms with Gasteiger partial charge in [0, 0.05) is 12.1 Å². The fraction of sp³-hybridized carbons (Fsp3) is 0.133. The number of nitrogens with two attached hydrogens (primary N) is 2. The van der Waals surface area contributed by atoms with E-state index in [0.717, 1.165) is 11.1 Å². The van der Waals surface area contributed by atoms with Gasteiger partial charge in [-0.2, -0.15) is 0 Å². The molecule has 0 saturated carbocycles. The largest absolute Gasteiger partial charge is 0.489 e. The minimum absolute atomic E-state index is 0.438. The molecule has 0 heterocycles. The van der Waals surface area contributed by atoms with E-state index in [1.54, 1.807) is 24.3 Å². The highest BCUT2D eigenvalue weighted by Gasteiger charge is 2.02. The quantitative estimate of drug-likeness (QED) is 0.856. The lowest BCUT2D eigenvalue weighted by Crippen LogP contribution is -2.10. The van der Waals surface area contributed by atoms with Crippen molar-refractivity contribution in [2.24, 2.45) is 11.5 Å². The molecule has 0 aromatic heterocycles. The Balaban J connectivity index is 2.01. The first kappa shape index (κ1) is 13.1. The number of carbonyl (C=O) groups excluding carboxylic acids is 1. The summed E-state index contributed by atoms with van der Waals surface area (Å²) >= 11 is 0. The van der Waals surface area contributed by atoms with Crippen LogP contribution < -0.4 is 16.2 Å². The first-order chi connectivity index (χ1) is 9.19. The van der Waals surface area contributed by atoms with Crippen molar-refractivity contribution in [1.82, 2.24) is 0 Å². The van der Waals surface area contributed by atoms with Crippen LogP contribution in [0.2, 0.25) is 0 Å². The molecule has 0 saturated heterocycles. The molecular weight excluding hydrogens is 240 g/mol. The Kier molecular flexibility index (Phi) is 4.15. The molecule has 0 atom stereocenters. The predicted molar refractivity (Wildman–Crippen MR) is 73.6 cm³/mol. The van der Waals surface area contributed by atoms with Crippen molar-refractivity contribution in [1.29, 1.82) is 0 Å². The van der Waals surface area contributed by atoms with Crippen LogP contribution in [-0.4, -0.2) is 5.91 Å². The smallest absolute Gasteiger partial charge is 0.248 e. The second-order valence-corrected chi connectivity index (χ2v) is 4.20. The molecule has 1 amide bonds. The lowest BCUT2D eigenvalue weighted by molar-refractivity contribution is 0.1000. The molecule has 0 radical (unpaired) electrons. The molecular formula is C15H16N2O2. The third-order valence-electron chi connectivity index (χ3n) is 2.78. The Morgan fingerprint density at radius 1 is 1.05 bits per heavy atom. The lowest BCUT2D eigenvalue weighted by atomic mass is 10.1. The van der Waals surface area contributed by atoms with Crippen LogP contribution in [0.5, 0.6) is 5.75 Å². The zero-order valence-corrected chi connectivity index (χ0v) is 10.5. The number of carbonyl (C=O) groups is 1. The van der Waals surface area contributed by atoms with Gasteiger partial charge in [-0.05, 0) is 29.3 Å². The van der Waals surface area contributed by atoms with Crippen molar-refractivity contribution in [2.45, 2.75) is 13.2 Å². The predicted octanol–water partition coefficient (Wildman–Crippen LogP) is 1.82. The van der Waals surface area contributed by atoms with Crippen LogP contribution >= 0.6 is 0 Å². The normalized spacial score (nSPS) is 10.2. The van der Waals surface area contributed by atoms with Gasteiger partial charge in [0.25, 0.3) is 0 Å². The van der Waals surface area contributed by atoms with Gasteiger partial charge in [-0.25, -0.2) is 0 Å². The van der Waals surface area contributed by atoms with E-state index >= 15 is 0 Å². The van der Waals surface area contributed by atoms with Crippen LogP contribution in [0.1, 0.15) is 21.5 Å². The highest BCUT2D eigenvalue weighted by molar-refractivity contribution is 5.93. The van der Waals surface area contributed by atoms with E-state index in [1.807, 2.05) is 24.3 Å². The number of hydrogen-bond donors (Lipinski definition) is 2. The second-order valence-electron chi connectivity index (χ2n) is 4.20. The summed E-state index contributed by atoms with van der Waals surface area (Å²) in [5.74, 6) is 0.164. The Bertz CT molecular complexity index is 565. The summed E-state index contributed by atoms with van der Waals surface area (Å²) in [6.45, 7) is 0.967. The van der Waals surface area contributed by atoms with E-state index in [9.17, 15) is 4.79 Å². The molecule has 4 N–H and O–H groups in total. The first-order valence-electron chi connectivity index (χ1n) is 5.99. The molecule has 0 aliphatic carbocycles. The average Bonchev–Trinajstić information content (AvgIpc) is 2.46. The molecule has 98 valence electrons. The Morgan fingerprint density at radius 3 is 2.37 bits per heavy atom. The molecule has 0 bridgehead atoms. The highest BCUT2D eigenvalue weighted by atomic mass is 16.5. The topological polar surface area (TPSA) is 78.3 Å². The summed E-state index contributed by atoms with van der Waals surface area (Å²) in [4.78, 5) is 11.1. The van der Waals surface area contributed by atoms with Gasteiger partial charge in [0.05, 0.1) is 0 Å². The maximum Gasteiger partial charge on any atom is 0.248 e. The summed E-state index contributed by atoms with van der Waals surface area (Å²) in [5.41, 5.74) is 13.3. The van der Waals surface area contributed by atoms with Crippen LogP contribution in [0.15, 0.2) is 48.5 Å². The summed E-state index contributed by atoms with van der Waals surface area (Å²) < 4.78 is 5.62. The minimum atomic E-state index is -0.460. The van der Waals surface area contributed by atoms with Crippen molar-refractivity contribution in [3.8, 4) is 5.75 Å². The number of hydrogen-bond acceptors (Lipinski definition) is 3. The summed E-state index contributed by atoms with van der Waals surface area (Å²) in [7, 11) is 0. The Hall–Kier alpha value is -2.33. The zero-order valence-electron chi connectivity index (χ0n) is 10.5. The van der Waals surface area contributed by atoms with E-state index in [-0.39, 0.29) is 0 Å². The van der Waals surface area contributed by atoms with E-state index in [0.29, 0.717) is 24.5 Å². The van der Waals surface area contributed by atoms with Gasteiger partial charge in [0.1, 0.15) is 12.4 Å². The van der Waals surface area contributed by atoms with Crippen LogP contribution in [0, 0.1) is 0 Å². The summed E-state index contributed by atoms with van der Waals surface area (Å²) in [6, 6.07) is 14.7. The average molecular weight is 256 g/mol. The second kappa shape index (κ2) is 6.02. The molecule has 2 rings (SSSR count). The van der Waals surface area contributed by atoms with Crippen molar-refractivity contribution in [3.63, 3.8) is 0 Å². The molecule has 0 spiro atoms. The van der Waals surface area contributed by atoms with Gasteiger partial charge in [0.2, 0.25) is 5.91 Å². The maximum atomic E-state index is 11.1. The Labute approximate surface area is 112 Å². The van der Waals surface area contributed by atoms with E-state index < -0.39 is 5.91 Å². The van der Waals surface area contributed by atoms with Gasteiger partial charge < -0.3 is 16.2 Å². The van der Waals surface area contributed by atoms with E-state index in [4.69, 9.17) is 16.2 Å². The highest BCUT2D eigenvalue weighted by Crippen LogP contribution is 2.15. The van der Waals surface area contributed by atoms with E-state index in [2.05, 4.69) is 0 Å². The maximum absolute atomic E-state index is 11.1. The van der Waals surface area contributed by atoms with Crippen molar-refractivity contribution >= 4 is 5.91 Å². The molecule has 19 heavy (non-hydrogen) atoms. The first-order valence-corrected chi connectivity index (χ1v) is 5.99. The van der Waals surface area contributed by atoms with Gasteiger partial charge >= 0.3 is 0 Å². The molecule has 0 unspecified atom stereocenters. The fourth-order valence-corrected chi connectivity index (χ4v) is 1.68. The molecule has 0 fully saturated rings. The molecule has 2 aromatic carbocycles. The number of rotatable bonds is 5. The number of ether oxygens (including phenoxy) is 1. The van der Waals surface area contributed by atoms with Crippen molar-refractivity contribution < 1.29 is 9.53 Å². The van der Waals surface area contributed by atoms with Crippen LogP contribution in [0.3, 0.4) is 0 Å². The molecule has 4 nitrogen and oxygen atoms in total. The molecule has 0 aliphatic heterocycles. The van der Waals surface area contributed by atoms with Crippen LogP contribution in [0.25, 0.3) is 0 Å². The molecule has 2 aromatic rings. The molecule has 4 heteroatoms. The SMILES string of the molecule is NCc1ccc(COc2cccc(C(N)=O)c2)cc1. The summed E-state index contributed by atoms with van der Waals surface area (Å²) in [5, 5.41) is 0. The van der Waals surface area contributed by atoms with Gasteiger partial charge in [-0.3, -0.25) is 4.79 Å². The van der Waals surface area contributed by atoms with Gasteiger partial charge in [-0.15, -0.1) is 0 Å². The van der Waals surface area contributed by atoms with Crippen molar-refractivity contribution in [2.75, 3.05) is 0 Å². The van der Waals surface area contributed by atoms with E-state index in [1.165, 1.54) is 0 Å². The third kappa shape index (κ3) is 3.56. The van der Waals surface area contributed by atoms with Crippen LogP contribution in [0.4, 0.5) is 0 Å². The Morgan fingerprint density at radius 2 is 1.74 bits per heavy atom. The minimum Gasteiger partial charge on any atom is -0.489 e. The van der Waals surface area contributed by atoms with Crippen LogP contribution in [-0.2, 0) is 13.2 Å². The lowest BCUT2D eigenvalue weighted by Gasteiger charge is -2.07. The van der Waals surface area contributed by atoms with Gasteiger partial charge in [0.15, 0.2) is 0 Å². The number of amides is 1. The number of primary amides is 1. The zero-order chi connectivity index (χ0) is 13.7. The fourth-order valence-electron chi connectivity index (χ4n) is 1.68. The molecule has 0 aliphatic rings. The van der Waals surface area contributed by atoms with Crippen molar-refractivity contribution in [3.05, 3.63) is 65.2 Å². The monoisotopic (exact) mass is 256 g/mol. The summed E-state index contributed by atoms with van der Waals surface area (Å²) in [6.07, 6.45) is 0. The number of benzene rings is 2. The van der Waals surface area contributed by atoms with Gasteiger partial charge in [-0.1, -0.05) is 30.3 Å². The standard InChI is InChI=1S/C15H16N2O2/c16-9-11-4-6-12(7-5-11)10-19-14-3-1-2-13(8-14)15(17)18/h1-8H,9-10,16H2,(H2,17,18).